The number of hydrogen-bond acceptors (Lipinski definition) is 1. The fourth-order valence-corrected chi connectivity index (χ4v) is 2.01. The maximum Gasteiger partial charge on any atom is 0.0733 e. The van der Waals surface area contributed by atoms with Crippen molar-refractivity contribution in [2.45, 2.75) is 6.92 Å². The highest BCUT2D eigenvalue weighted by Crippen LogP contribution is 2.27. The predicted molar refractivity (Wildman–Crippen MR) is 46.8 cm³/mol. The second kappa shape index (κ2) is 2.67. The van der Waals surface area contributed by atoms with Crippen molar-refractivity contribution in [1.82, 2.24) is 0 Å². The van der Waals surface area contributed by atoms with Gasteiger partial charge in [0, 0.05) is 4.88 Å². The van der Waals surface area contributed by atoms with Crippen molar-refractivity contribution in [3.05, 3.63) is 26.9 Å². The Balaban J connectivity index is 3.11. The van der Waals surface area contributed by atoms with Crippen molar-refractivity contribution >= 4 is 33.3 Å². The second-order valence-corrected chi connectivity index (χ2v) is 4.21. The van der Waals surface area contributed by atoms with Crippen LogP contribution >= 0.6 is 27.3 Å². The topological polar surface area (TPSA) is 0 Å². The molecule has 1 aromatic heterocycles. The molecule has 9 heavy (non-hydrogen) atoms. The van der Waals surface area contributed by atoms with Crippen molar-refractivity contribution in [2.75, 3.05) is 0 Å². The first-order valence-corrected chi connectivity index (χ1v) is 4.23. The fraction of sp³-hybridized carbons (Fsp3) is 0.143. The molecule has 2 heteroatoms. The van der Waals surface area contributed by atoms with Gasteiger partial charge in [-0.3, -0.25) is 0 Å². The van der Waals surface area contributed by atoms with Crippen LogP contribution in [0.3, 0.4) is 0 Å². The average Bonchev–Trinajstić information content (AvgIpc) is 2.13. The van der Waals surface area contributed by atoms with Gasteiger partial charge in [0.15, 0.2) is 0 Å². The molecule has 0 atom stereocenters. The molecule has 0 unspecified atom stereocenters. The van der Waals surface area contributed by atoms with Crippen molar-refractivity contribution in [2.24, 2.45) is 0 Å². The van der Waals surface area contributed by atoms with Crippen LogP contribution < -0.4 is 0 Å². The molecule has 0 aromatic carbocycles. The van der Waals surface area contributed by atoms with Gasteiger partial charge in [0.1, 0.15) is 0 Å². The quantitative estimate of drug-likeness (QED) is 0.655. The lowest BCUT2D eigenvalue weighted by Gasteiger charge is -1.77. The second-order valence-electron chi connectivity index (χ2n) is 1.81. The monoisotopic (exact) mass is 202 g/mol. The first-order valence-electron chi connectivity index (χ1n) is 2.62. The highest BCUT2D eigenvalue weighted by molar-refractivity contribution is 9.11. The van der Waals surface area contributed by atoms with Crippen molar-refractivity contribution in [1.29, 1.82) is 0 Å². The SMILES string of the molecule is C=Cc1cc(C)c(Br)s1. The predicted octanol–water partition coefficient (Wildman–Crippen LogP) is 3.46. The van der Waals surface area contributed by atoms with Gasteiger partial charge in [0.05, 0.1) is 3.79 Å². The molecule has 1 heterocycles. The van der Waals surface area contributed by atoms with Crippen molar-refractivity contribution in [3.8, 4) is 0 Å². The van der Waals surface area contributed by atoms with Gasteiger partial charge in [-0.25, -0.2) is 0 Å². The Bertz CT molecular complexity index is 205. The molecule has 0 aliphatic heterocycles. The van der Waals surface area contributed by atoms with E-state index in [1.165, 1.54) is 14.2 Å². The van der Waals surface area contributed by atoms with E-state index < -0.39 is 0 Å². The van der Waals surface area contributed by atoms with E-state index in [1.807, 2.05) is 6.08 Å². The summed E-state index contributed by atoms with van der Waals surface area (Å²) in [6, 6.07) is 2.11. The molecule has 0 saturated carbocycles. The highest BCUT2D eigenvalue weighted by Gasteiger charge is 1.97. The summed E-state index contributed by atoms with van der Waals surface area (Å²) in [5.41, 5.74) is 1.29. The van der Waals surface area contributed by atoms with Gasteiger partial charge in [0.2, 0.25) is 0 Å². The lowest BCUT2D eigenvalue weighted by molar-refractivity contribution is 1.52. The van der Waals surface area contributed by atoms with Crippen LogP contribution in [0.2, 0.25) is 0 Å². The minimum atomic E-state index is 1.21. The van der Waals surface area contributed by atoms with E-state index in [0.717, 1.165) is 0 Å². The normalized spacial score (nSPS) is 9.56. The summed E-state index contributed by atoms with van der Waals surface area (Å²) in [5, 5.41) is 0. The number of hydrogen-bond donors (Lipinski definition) is 0. The zero-order valence-electron chi connectivity index (χ0n) is 5.15. The zero-order chi connectivity index (χ0) is 6.85. The van der Waals surface area contributed by atoms with Gasteiger partial charge in [-0.05, 0) is 34.5 Å². The van der Waals surface area contributed by atoms with Crippen LogP contribution in [-0.2, 0) is 0 Å². The Morgan fingerprint density at radius 2 is 2.44 bits per heavy atom. The molecule has 0 saturated heterocycles. The highest BCUT2D eigenvalue weighted by atomic mass is 79.9. The molecule has 0 N–H and O–H groups in total. The van der Waals surface area contributed by atoms with Gasteiger partial charge in [0.25, 0.3) is 0 Å². The summed E-state index contributed by atoms with van der Waals surface area (Å²) in [4.78, 5) is 1.22. The van der Waals surface area contributed by atoms with Gasteiger partial charge >= 0.3 is 0 Å². The maximum absolute atomic E-state index is 3.67. The van der Waals surface area contributed by atoms with E-state index >= 15 is 0 Å². The molecule has 1 rings (SSSR count). The number of halogens is 1. The molecule has 1 aromatic rings. The molecule has 48 valence electrons. The average molecular weight is 203 g/mol. The first kappa shape index (κ1) is 7.03. The van der Waals surface area contributed by atoms with Crippen molar-refractivity contribution < 1.29 is 0 Å². The number of thiophene rings is 1. The van der Waals surface area contributed by atoms with Gasteiger partial charge in [-0.15, -0.1) is 11.3 Å². The molecular weight excluding hydrogens is 196 g/mol. The Labute approximate surface area is 67.3 Å². The summed E-state index contributed by atoms with van der Waals surface area (Å²) in [7, 11) is 0. The van der Waals surface area contributed by atoms with Crippen LogP contribution in [0.15, 0.2) is 16.4 Å². The van der Waals surface area contributed by atoms with E-state index in [0.29, 0.717) is 0 Å². The lowest BCUT2D eigenvalue weighted by Crippen LogP contribution is -1.57. The number of rotatable bonds is 1. The van der Waals surface area contributed by atoms with E-state index in [2.05, 4.69) is 35.5 Å². The molecule has 0 fully saturated rings. The molecule has 0 nitrogen and oxygen atoms in total. The largest absolute Gasteiger partial charge is 0.129 e. The van der Waals surface area contributed by atoms with Gasteiger partial charge in [-0.1, -0.05) is 12.7 Å². The third-order valence-electron chi connectivity index (χ3n) is 1.08. The lowest BCUT2D eigenvalue weighted by atomic mass is 10.3. The smallest absolute Gasteiger partial charge is 0.0733 e. The summed E-state index contributed by atoms with van der Waals surface area (Å²) in [5.74, 6) is 0. The Morgan fingerprint density at radius 1 is 1.78 bits per heavy atom. The van der Waals surface area contributed by atoms with Crippen LogP contribution in [-0.4, -0.2) is 0 Å². The third-order valence-corrected chi connectivity index (χ3v) is 3.21. The fourth-order valence-electron chi connectivity index (χ4n) is 0.584. The molecule has 0 radical (unpaired) electrons. The van der Waals surface area contributed by atoms with Crippen LogP contribution in [0.1, 0.15) is 10.4 Å². The third kappa shape index (κ3) is 1.43. The van der Waals surface area contributed by atoms with Gasteiger partial charge in [-0.2, -0.15) is 0 Å². The van der Waals surface area contributed by atoms with Gasteiger partial charge < -0.3 is 0 Å². The Hall–Kier alpha value is -0.0800. The van der Waals surface area contributed by atoms with E-state index in [4.69, 9.17) is 0 Å². The molecule has 0 aliphatic rings. The molecule has 0 spiro atoms. The molecular formula is C7H7BrS. The van der Waals surface area contributed by atoms with Crippen molar-refractivity contribution in [3.63, 3.8) is 0 Å². The Kier molecular flexibility index (Phi) is 2.09. The summed E-state index contributed by atoms with van der Waals surface area (Å²) < 4.78 is 1.21. The van der Waals surface area contributed by atoms with E-state index in [-0.39, 0.29) is 0 Å². The summed E-state index contributed by atoms with van der Waals surface area (Å²) >= 11 is 5.14. The molecule has 0 amide bonds. The maximum atomic E-state index is 3.67. The number of aryl methyl sites for hydroxylation is 1. The van der Waals surface area contributed by atoms with E-state index in [1.54, 1.807) is 11.3 Å². The summed E-state index contributed by atoms with van der Waals surface area (Å²) in [6.07, 6.45) is 1.86. The minimum absolute atomic E-state index is 1.21. The standard InChI is InChI=1S/C7H7BrS/c1-3-6-4-5(2)7(8)9-6/h3-4H,1H2,2H3. The van der Waals surface area contributed by atoms with Crippen LogP contribution in [0.5, 0.6) is 0 Å². The summed E-state index contributed by atoms with van der Waals surface area (Å²) in [6.45, 7) is 5.75. The van der Waals surface area contributed by atoms with E-state index in [9.17, 15) is 0 Å². The first-order chi connectivity index (χ1) is 4.24. The Morgan fingerprint density at radius 3 is 2.67 bits per heavy atom. The molecule has 0 aliphatic carbocycles. The van der Waals surface area contributed by atoms with Crippen LogP contribution in [0, 0.1) is 6.92 Å². The molecule has 0 bridgehead atoms. The van der Waals surface area contributed by atoms with Crippen LogP contribution in [0.25, 0.3) is 6.08 Å². The van der Waals surface area contributed by atoms with Crippen LogP contribution in [0.4, 0.5) is 0 Å². The zero-order valence-corrected chi connectivity index (χ0v) is 7.55. The minimum Gasteiger partial charge on any atom is -0.129 e.